The van der Waals surface area contributed by atoms with Gasteiger partial charge in [0.25, 0.3) is 11.8 Å². The van der Waals surface area contributed by atoms with Gasteiger partial charge in [0, 0.05) is 65.3 Å². The molecule has 0 aliphatic carbocycles. The zero-order valence-corrected chi connectivity index (χ0v) is 44.0. The third-order valence-corrected chi connectivity index (χ3v) is 12.7. The molecule has 4 heterocycles. The summed E-state index contributed by atoms with van der Waals surface area (Å²) in [6.07, 6.45) is 2.18. The van der Waals surface area contributed by atoms with Crippen molar-refractivity contribution in [2.45, 2.75) is 78.3 Å². The van der Waals surface area contributed by atoms with Crippen molar-refractivity contribution < 1.29 is 40.9 Å². The number of urea groups is 2. The van der Waals surface area contributed by atoms with Gasteiger partial charge in [0.05, 0.1) is 35.3 Å². The molecule has 22 heteroatoms. The first-order chi connectivity index (χ1) is 35.6. The van der Waals surface area contributed by atoms with Gasteiger partial charge < -0.3 is 31.1 Å². The Morgan fingerprint density at radius 1 is 0.653 bits per heavy atom. The minimum absolute atomic E-state index is 0.0332. The lowest BCUT2D eigenvalue weighted by atomic mass is 9.97. The van der Waals surface area contributed by atoms with E-state index < -0.39 is 57.5 Å². The highest BCUT2D eigenvalue weighted by Gasteiger charge is 2.37. The van der Waals surface area contributed by atoms with E-state index in [1.54, 1.807) is 30.3 Å². The first kappa shape index (κ1) is 54.9. The molecule has 2 aromatic heterocycles. The van der Waals surface area contributed by atoms with Crippen molar-refractivity contribution in [2.24, 2.45) is 0 Å². The van der Waals surface area contributed by atoms with Crippen molar-refractivity contribution in [2.75, 3.05) is 55.2 Å². The van der Waals surface area contributed by atoms with E-state index in [1.807, 2.05) is 73.7 Å². The Kier molecular flexibility index (Phi) is 16.9. The molecular formula is C53H58F4N12O5S. The zero-order valence-electron chi connectivity index (χ0n) is 43.2. The number of benzene rings is 4. The van der Waals surface area contributed by atoms with Crippen LogP contribution in [0, 0.1) is 37.1 Å². The summed E-state index contributed by atoms with van der Waals surface area (Å²) in [6, 6.07) is 15.4. The van der Waals surface area contributed by atoms with Gasteiger partial charge in [0.15, 0.2) is 11.6 Å². The monoisotopic (exact) mass is 1050 g/mol. The fraction of sp³-hybridized carbons (Fsp3) is 0.321. The fourth-order valence-electron chi connectivity index (χ4n) is 8.30. The molecule has 1 atom stereocenters. The van der Waals surface area contributed by atoms with Gasteiger partial charge >= 0.3 is 12.1 Å². The Labute approximate surface area is 434 Å². The summed E-state index contributed by atoms with van der Waals surface area (Å²) in [7, 11) is 4.12. The smallest absolute Gasteiger partial charge is 0.328 e. The molecule has 4 aromatic carbocycles. The average Bonchev–Trinajstić information content (AvgIpc) is 3.34. The van der Waals surface area contributed by atoms with Gasteiger partial charge in [-0.25, -0.2) is 51.9 Å². The summed E-state index contributed by atoms with van der Waals surface area (Å²) in [4.78, 5) is 75.3. The van der Waals surface area contributed by atoms with E-state index in [-0.39, 0.29) is 53.8 Å². The van der Waals surface area contributed by atoms with E-state index >= 15 is 0 Å². The largest absolute Gasteiger partial charge is 0.350 e. The van der Waals surface area contributed by atoms with Crippen LogP contribution in [-0.2, 0) is 23.9 Å². The summed E-state index contributed by atoms with van der Waals surface area (Å²) in [5, 5.41) is 10.9. The summed E-state index contributed by atoms with van der Waals surface area (Å²) < 4.78 is 71.7. The second-order valence-electron chi connectivity index (χ2n) is 18.8. The van der Waals surface area contributed by atoms with Gasteiger partial charge in [-0.15, -0.1) is 0 Å². The Bertz CT molecular complexity index is 3190. The molecule has 394 valence electrons. The number of rotatable bonds is 14. The number of nitrogens with zero attached hydrogens (tertiary/aromatic N) is 8. The molecule has 4 N–H and O–H groups in total. The van der Waals surface area contributed by atoms with E-state index in [1.165, 1.54) is 18.4 Å². The lowest BCUT2D eigenvalue weighted by Gasteiger charge is -2.32. The molecule has 0 bridgehead atoms. The van der Waals surface area contributed by atoms with Crippen LogP contribution >= 0.6 is 0 Å². The number of hydrogen-bond donors (Lipinski definition) is 4. The second kappa shape index (κ2) is 23.1. The quantitative estimate of drug-likeness (QED) is 0.0602. The van der Waals surface area contributed by atoms with Crippen molar-refractivity contribution in [1.82, 2.24) is 46.1 Å². The normalized spacial score (nSPS) is 13.4. The predicted octanol–water partition coefficient (Wildman–Crippen LogP) is 8.58. The SMILES string of the molecule is Cc1ccc(C(=O)NC(C)C)cc1-c1nc(N(C)CCCN(C)C)nc2c1CNC(=O)N2c1c(F)cccc1F.Cc1ccc(C(=O)NC(C)C)cc1-c1nc(S(C)=O)nc2c1CNC(=O)N2c1c(F)cccc1F. The maximum Gasteiger partial charge on any atom is 0.328 e. The first-order valence-electron chi connectivity index (χ1n) is 23.9. The van der Waals surface area contributed by atoms with Gasteiger partial charge in [-0.05, 0) is 128 Å². The highest BCUT2D eigenvalue weighted by atomic mass is 32.2. The van der Waals surface area contributed by atoms with Gasteiger partial charge in [-0.1, -0.05) is 24.3 Å². The number of halogens is 4. The van der Waals surface area contributed by atoms with Gasteiger partial charge in [0.2, 0.25) is 11.1 Å². The van der Waals surface area contributed by atoms with Crippen LogP contribution in [0.2, 0.25) is 0 Å². The Morgan fingerprint density at radius 2 is 1.08 bits per heavy atom. The molecule has 0 saturated heterocycles. The molecule has 2 aliphatic rings. The van der Waals surface area contributed by atoms with Crippen LogP contribution in [-0.4, -0.2) is 105 Å². The third kappa shape index (κ3) is 12.1. The number of hydrogen-bond acceptors (Lipinski definition) is 11. The van der Waals surface area contributed by atoms with Crippen LogP contribution in [0.1, 0.15) is 77.1 Å². The molecule has 0 spiro atoms. The van der Waals surface area contributed by atoms with E-state index in [0.717, 1.165) is 58.2 Å². The summed E-state index contributed by atoms with van der Waals surface area (Å²) >= 11 is 0. The minimum Gasteiger partial charge on any atom is -0.350 e. The van der Waals surface area contributed by atoms with Gasteiger partial charge in [0.1, 0.15) is 34.6 Å². The number of para-hydroxylation sites is 2. The minimum atomic E-state index is -1.68. The molecule has 8 rings (SSSR count). The number of carbonyl (C=O) groups excluding carboxylic acids is 4. The van der Waals surface area contributed by atoms with E-state index in [4.69, 9.17) is 4.98 Å². The van der Waals surface area contributed by atoms with Gasteiger partial charge in [-0.3, -0.25) is 13.8 Å². The van der Waals surface area contributed by atoms with Crippen molar-refractivity contribution in [1.29, 1.82) is 0 Å². The number of nitrogens with one attached hydrogen (secondary N) is 4. The Hall–Kier alpha value is -7.85. The summed E-state index contributed by atoms with van der Waals surface area (Å²) in [5.41, 5.74) is 4.10. The molecule has 75 heavy (non-hydrogen) atoms. The molecule has 6 aromatic rings. The maximum absolute atomic E-state index is 15.0. The number of amides is 6. The first-order valence-corrected chi connectivity index (χ1v) is 25.5. The lowest BCUT2D eigenvalue weighted by Crippen LogP contribution is -2.43. The highest BCUT2D eigenvalue weighted by Crippen LogP contribution is 2.41. The number of anilines is 5. The average molecular weight is 1050 g/mol. The molecule has 2 aliphatic heterocycles. The fourth-order valence-corrected chi connectivity index (χ4v) is 8.74. The van der Waals surface area contributed by atoms with Crippen LogP contribution < -0.4 is 36.0 Å². The topological polar surface area (TPSA) is 198 Å². The Morgan fingerprint density at radius 3 is 1.49 bits per heavy atom. The van der Waals surface area contributed by atoms with Crippen molar-refractivity contribution >= 4 is 63.6 Å². The van der Waals surface area contributed by atoms with Crippen molar-refractivity contribution in [3.05, 3.63) is 129 Å². The van der Waals surface area contributed by atoms with Crippen LogP contribution in [0.4, 0.5) is 56.1 Å². The van der Waals surface area contributed by atoms with Crippen molar-refractivity contribution in [3.8, 4) is 22.5 Å². The number of carbonyl (C=O) groups is 4. The van der Waals surface area contributed by atoms with Gasteiger partial charge in [-0.2, -0.15) is 4.98 Å². The number of fused-ring (bicyclic) bond motifs is 2. The highest BCUT2D eigenvalue weighted by molar-refractivity contribution is 7.84. The zero-order chi connectivity index (χ0) is 54.6. The molecule has 17 nitrogen and oxygen atoms in total. The molecule has 0 saturated carbocycles. The molecule has 0 radical (unpaired) electrons. The standard InChI is InChI=1S/C29H35F2N7O2.C24H23F2N5O3S/c1-17(2)33-27(39)19-12-11-18(3)20(15-19)24-21-16-32-29(40)38(25-22(30)9-7-10-23(25)31)26(21)35-28(34-24)37(6)14-8-13-36(4)5;1-12(2)28-22(32)14-9-8-13(3)15(10-14)19-16-11-27-24(33)31(20-17(25)6-5-7-18(20)26)21(16)30-23(29-19)35(4)34/h7,9-12,15,17H,8,13-14,16H2,1-6H3,(H,32,40)(H,33,39);5-10,12H,11H2,1-4H3,(H,27,33)(H,28,32). The van der Waals surface area contributed by atoms with E-state index in [2.05, 4.69) is 41.1 Å². The van der Waals surface area contributed by atoms with Crippen LogP contribution in [0.15, 0.2) is 78.0 Å². The van der Waals surface area contributed by atoms with Crippen molar-refractivity contribution in [3.63, 3.8) is 0 Å². The van der Waals surface area contributed by atoms with Crippen LogP contribution in [0.25, 0.3) is 22.5 Å². The predicted molar refractivity (Wildman–Crippen MR) is 280 cm³/mol. The molecule has 0 fully saturated rings. The van der Waals surface area contributed by atoms with Crippen LogP contribution in [0.5, 0.6) is 0 Å². The van der Waals surface area contributed by atoms with E-state index in [9.17, 15) is 40.9 Å². The molecule has 1 unspecified atom stereocenters. The molecule has 6 amide bonds. The lowest BCUT2D eigenvalue weighted by molar-refractivity contribution is 0.0934. The summed E-state index contributed by atoms with van der Waals surface area (Å²) in [6.45, 7) is 12.6. The molecular weight excluding hydrogens is 993 g/mol. The van der Waals surface area contributed by atoms with Crippen LogP contribution in [0.3, 0.4) is 0 Å². The van der Waals surface area contributed by atoms with E-state index in [0.29, 0.717) is 57.3 Å². The summed E-state index contributed by atoms with van der Waals surface area (Å²) in [5.74, 6) is -3.93. The third-order valence-electron chi connectivity index (χ3n) is 12.0. The second-order valence-corrected chi connectivity index (χ2v) is 20.1. The number of aromatic nitrogens is 4. The number of aryl methyl sites for hydroxylation is 2. The Balaban J connectivity index is 0.000000221. The maximum atomic E-state index is 15.0.